The number of nitroso groups, excluding NO2 is 1. The van der Waals surface area contributed by atoms with Crippen molar-refractivity contribution in [1.29, 1.82) is 0 Å². The largest absolute Gasteiger partial charge is 0.302 e. The van der Waals surface area contributed by atoms with E-state index in [1.807, 2.05) is 18.2 Å². The third kappa shape index (κ3) is 3.77. The molecule has 22 heavy (non-hydrogen) atoms. The van der Waals surface area contributed by atoms with Crippen LogP contribution in [0.3, 0.4) is 0 Å². The monoisotopic (exact) mass is 297 g/mol. The highest BCUT2D eigenvalue weighted by molar-refractivity contribution is 5.91. The maximum Gasteiger partial charge on any atom is 0.117 e. The summed E-state index contributed by atoms with van der Waals surface area (Å²) in [5.74, 6) is 0. The molecule has 0 amide bonds. The lowest BCUT2D eigenvalue weighted by Crippen LogP contribution is -2.25. The summed E-state index contributed by atoms with van der Waals surface area (Å²) < 4.78 is 0. The summed E-state index contributed by atoms with van der Waals surface area (Å²) in [6, 6.07) is 3.69. The van der Waals surface area contributed by atoms with E-state index in [4.69, 9.17) is 0 Å². The molecular formula is C18H23N3O. The van der Waals surface area contributed by atoms with Gasteiger partial charge in [0.05, 0.1) is 6.54 Å². The minimum atomic E-state index is 0.452. The van der Waals surface area contributed by atoms with Gasteiger partial charge in [0, 0.05) is 18.3 Å². The summed E-state index contributed by atoms with van der Waals surface area (Å²) in [5, 5.41) is 3.14. The number of allylic oxidation sites excluding steroid dienone is 2. The van der Waals surface area contributed by atoms with E-state index >= 15 is 0 Å². The number of fused-ring (bicyclic) bond motifs is 1. The molecule has 0 saturated carbocycles. The SMILES string of the molecule is C=C1C=Cc2ccc(N=O)c(/C=N/CCN(CC)CC)c2C1. The summed E-state index contributed by atoms with van der Waals surface area (Å²) in [4.78, 5) is 17.9. The van der Waals surface area contributed by atoms with Gasteiger partial charge in [-0.1, -0.05) is 44.2 Å². The Morgan fingerprint density at radius 3 is 2.73 bits per heavy atom. The van der Waals surface area contributed by atoms with E-state index in [1.54, 1.807) is 12.3 Å². The first kappa shape index (κ1) is 16.3. The molecule has 116 valence electrons. The van der Waals surface area contributed by atoms with Crippen LogP contribution < -0.4 is 0 Å². The minimum Gasteiger partial charge on any atom is -0.302 e. The lowest BCUT2D eigenvalue weighted by molar-refractivity contribution is 0.313. The number of benzene rings is 1. The molecule has 0 bridgehead atoms. The second kappa shape index (κ2) is 7.80. The predicted molar refractivity (Wildman–Crippen MR) is 94.0 cm³/mol. The van der Waals surface area contributed by atoms with E-state index in [1.165, 1.54) is 0 Å². The Labute approximate surface area is 132 Å². The van der Waals surface area contributed by atoms with E-state index in [-0.39, 0.29) is 0 Å². The number of hydrogen-bond acceptors (Lipinski definition) is 4. The van der Waals surface area contributed by atoms with E-state index in [0.29, 0.717) is 5.69 Å². The van der Waals surface area contributed by atoms with Gasteiger partial charge in [0.2, 0.25) is 0 Å². The van der Waals surface area contributed by atoms with Crippen LogP contribution in [0.15, 0.2) is 40.5 Å². The fourth-order valence-corrected chi connectivity index (χ4v) is 2.63. The third-order valence-corrected chi connectivity index (χ3v) is 4.03. The Morgan fingerprint density at radius 2 is 2.05 bits per heavy atom. The van der Waals surface area contributed by atoms with Gasteiger partial charge in [0.15, 0.2) is 0 Å². The Balaban J connectivity index is 2.20. The zero-order valence-electron chi connectivity index (χ0n) is 13.4. The molecule has 4 heteroatoms. The van der Waals surface area contributed by atoms with Crippen LogP contribution in [0.5, 0.6) is 0 Å². The lowest BCUT2D eigenvalue weighted by atomic mass is 9.90. The zero-order valence-corrected chi connectivity index (χ0v) is 13.4. The van der Waals surface area contributed by atoms with Gasteiger partial charge in [0.25, 0.3) is 0 Å². The predicted octanol–water partition coefficient (Wildman–Crippen LogP) is 3.97. The molecule has 0 radical (unpaired) electrons. The fraction of sp³-hybridized carbons (Fsp3) is 0.389. The van der Waals surface area contributed by atoms with Crippen molar-refractivity contribution in [2.24, 2.45) is 10.2 Å². The molecule has 0 aliphatic heterocycles. The Morgan fingerprint density at radius 1 is 1.27 bits per heavy atom. The van der Waals surface area contributed by atoms with Crippen LogP contribution in [0, 0.1) is 4.91 Å². The topological polar surface area (TPSA) is 45.0 Å². The van der Waals surface area contributed by atoms with Gasteiger partial charge in [-0.2, -0.15) is 0 Å². The zero-order chi connectivity index (χ0) is 15.9. The molecular weight excluding hydrogens is 274 g/mol. The normalized spacial score (nSPS) is 13.9. The van der Waals surface area contributed by atoms with E-state index in [9.17, 15) is 4.91 Å². The van der Waals surface area contributed by atoms with Crippen molar-refractivity contribution in [2.75, 3.05) is 26.2 Å². The molecule has 0 N–H and O–H groups in total. The number of likely N-dealkylation sites (N-methyl/N-ethyl adjacent to an activating group) is 1. The Hall–Kier alpha value is -2.07. The van der Waals surface area contributed by atoms with Crippen molar-refractivity contribution >= 4 is 18.0 Å². The summed E-state index contributed by atoms with van der Waals surface area (Å²) in [6.07, 6.45) is 6.58. The molecule has 2 rings (SSSR count). The average molecular weight is 297 g/mol. The van der Waals surface area contributed by atoms with Crippen molar-refractivity contribution in [3.63, 3.8) is 0 Å². The van der Waals surface area contributed by atoms with Gasteiger partial charge in [-0.25, -0.2) is 0 Å². The number of rotatable bonds is 7. The first-order valence-electron chi connectivity index (χ1n) is 7.76. The van der Waals surface area contributed by atoms with Crippen LogP contribution in [-0.2, 0) is 6.42 Å². The number of hydrogen-bond donors (Lipinski definition) is 0. The summed E-state index contributed by atoms with van der Waals surface area (Å²) in [7, 11) is 0. The third-order valence-electron chi connectivity index (χ3n) is 4.03. The Bertz CT molecular complexity index is 613. The molecule has 1 aromatic carbocycles. The van der Waals surface area contributed by atoms with Crippen molar-refractivity contribution in [1.82, 2.24) is 4.90 Å². The second-order valence-corrected chi connectivity index (χ2v) is 5.39. The van der Waals surface area contributed by atoms with Gasteiger partial charge in [0.1, 0.15) is 5.69 Å². The highest BCUT2D eigenvalue weighted by Crippen LogP contribution is 2.30. The summed E-state index contributed by atoms with van der Waals surface area (Å²) >= 11 is 0. The second-order valence-electron chi connectivity index (χ2n) is 5.39. The van der Waals surface area contributed by atoms with Crippen molar-refractivity contribution in [2.45, 2.75) is 20.3 Å². The molecule has 0 fully saturated rings. The molecule has 1 aliphatic rings. The quantitative estimate of drug-likeness (QED) is 0.564. The molecule has 0 unspecified atom stereocenters. The highest BCUT2D eigenvalue weighted by atomic mass is 16.3. The van der Waals surface area contributed by atoms with Gasteiger partial charge < -0.3 is 4.90 Å². The van der Waals surface area contributed by atoms with Crippen molar-refractivity contribution in [3.8, 4) is 0 Å². The van der Waals surface area contributed by atoms with Crippen molar-refractivity contribution in [3.05, 3.63) is 52.0 Å². The lowest BCUT2D eigenvalue weighted by Gasteiger charge is -2.17. The average Bonchev–Trinajstić information content (AvgIpc) is 2.54. The fourth-order valence-electron chi connectivity index (χ4n) is 2.63. The van der Waals surface area contributed by atoms with E-state index in [2.05, 4.69) is 35.5 Å². The minimum absolute atomic E-state index is 0.452. The molecule has 0 atom stereocenters. The first-order valence-corrected chi connectivity index (χ1v) is 7.76. The van der Waals surface area contributed by atoms with E-state index < -0.39 is 0 Å². The molecule has 0 spiro atoms. The summed E-state index contributed by atoms with van der Waals surface area (Å²) in [6.45, 7) is 12.0. The summed E-state index contributed by atoms with van der Waals surface area (Å²) in [5.41, 5.74) is 4.53. The molecule has 1 aromatic rings. The van der Waals surface area contributed by atoms with Crippen LogP contribution in [0.1, 0.15) is 30.5 Å². The molecule has 0 aromatic heterocycles. The van der Waals surface area contributed by atoms with Gasteiger partial charge in [-0.15, -0.1) is 4.91 Å². The smallest absolute Gasteiger partial charge is 0.117 e. The molecule has 1 aliphatic carbocycles. The molecule has 0 heterocycles. The Kier molecular flexibility index (Phi) is 5.78. The van der Waals surface area contributed by atoms with E-state index in [0.717, 1.165) is 54.9 Å². The maximum absolute atomic E-state index is 11.1. The highest BCUT2D eigenvalue weighted by Gasteiger charge is 2.14. The molecule has 4 nitrogen and oxygen atoms in total. The number of aliphatic imine (C=N–C) groups is 1. The van der Waals surface area contributed by atoms with Gasteiger partial charge >= 0.3 is 0 Å². The molecule has 0 saturated heterocycles. The standard InChI is InChI=1S/C18H23N3O/c1-4-21(5-2)11-10-19-13-17-16-12-14(3)6-7-15(16)8-9-18(17)20-22/h6-9,13H,3-5,10-12H2,1-2H3/b19-13+. The number of nitrogens with zero attached hydrogens (tertiary/aromatic N) is 3. The maximum atomic E-state index is 11.1. The van der Waals surface area contributed by atoms with Crippen LogP contribution in [-0.4, -0.2) is 37.3 Å². The van der Waals surface area contributed by atoms with Crippen molar-refractivity contribution < 1.29 is 0 Å². The first-order chi connectivity index (χ1) is 10.7. The van der Waals surface area contributed by atoms with Crippen LogP contribution in [0.4, 0.5) is 5.69 Å². The van der Waals surface area contributed by atoms with Crippen LogP contribution in [0.2, 0.25) is 0 Å². The van der Waals surface area contributed by atoms with Gasteiger partial charge in [-0.3, -0.25) is 4.99 Å². The van der Waals surface area contributed by atoms with Gasteiger partial charge in [-0.05, 0) is 41.9 Å². The van der Waals surface area contributed by atoms with Crippen LogP contribution >= 0.6 is 0 Å². The van der Waals surface area contributed by atoms with Crippen LogP contribution in [0.25, 0.3) is 6.08 Å².